The first-order valence-electron chi connectivity index (χ1n) is 7.85. The second-order valence-corrected chi connectivity index (χ2v) is 8.58. The molecule has 1 N–H and O–H groups in total. The zero-order chi connectivity index (χ0) is 17.4. The standard InChI is InChI=1S/C15H22N4O4S/c1-18(2)24(21,22)19-7-5-15(11-19)12(8-17-14(15)20)10-23-13-4-3-6-16-9-13/h3-4,6,9,12H,5,7-8,10-11H2,1-2H3,(H,17,20)/t12-,15-/m1/s1. The van der Waals surface area contributed by atoms with Crippen LogP contribution in [0.3, 0.4) is 0 Å². The molecule has 2 aliphatic heterocycles. The summed E-state index contributed by atoms with van der Waals surface area (Å²) in [6, 6.07) is 3.59. The van der Waals surface area contributed by atoms with Gasteiger partial charge in [0.15, 0.2) is 0 Å². The van der Waals surface area contributed by atoms with Crippen LogP contribution in [0.1, 0.15) is 6.42 Å². The minimum Gasteiger partial charge on any atom is -0.492 e. The Balaban J connectivity index is 1.74. The molecule has 1 aromatic heterocycles. The maximum absolute atomic E-state index is 12.4. The average molecular weight is 354 g/mol. The van der Waals surface area contributed by atoms with Crippen molar-refractivity contribution >= 4 is 16.1 Å². The second kappa shape index (κ2) is 6.30. The molecule has 0 aromatic carbocycles. The predicted molar refractivity (Wildman–Crippen MR) is 87.5 cm³/mol. The monoisotopic (exact) mass is 354 g/mol. The smallest absolute Gasteiger partial charge is 0.281 e. The summed E-state index contributed by atoms with van der Waals surface area (Å²) in [6.45, 7) is 1.38. The molecule has 0 saturated carbocycles. The Morgan fingerprint density at radius 2 is 2.29 bits per heavy atom. The van der Waals surface area contributed by atoms with Crippen molar-refractivity contribution in [1.82, 2.24) is 18.9 Å². The van der Waals surface area contributed by atoms with Gasteiger partial charge < -0.3 is 10.1 Å². The molecule has 1 amide bonds. The predicted octanol–water partition coefficient (Wildman–Crippen LogP) is -0.295. The molecule has 2 fully saturated rings. The number of carbonyl (C=O) groups excluding carboxylic acids is 1. The molecule has 2 saturated heterocycles. The molecule has 3 heterocycles. The fourth-order valence-electron chi connectivity index (χ4n) is 3.36. The molecule has 0 unspecified atom stereocenters. The lowest BCUT2D eigenvalue weighted by molar-refractivity contribution is -0.128. The number of pyridine rings is 1. The number of hydrogen-bond acceptors (Lipinski definition) is 5. The van der Waals surface area contributed by atoms with Crippen molar-refractivity contribution < 1.29 is 17.9 Å². The normalized spacial score (nSPS) is 27.8. The van der Waals surface area contributed by atoms with Crippen LogP contribution in [0.5, 0.6) is 5.75 Å². The van der Waals surface area contributed by atoms with Crippen molar-refractivity contribution in [3.05, 3.63) is 24.5 Å². The minimum atomic E-state index is -3.52. The van der Waals surface area contributed by atoms with E-state index in [0.29, 0.717) is 31.9 Å². The maximum atomic E-state index is 12.4. The fourth-order valence-corrected chi connectivity index (χ4v) is 4.54. The van der Waals surface area contributed by atoms with Crippen molar-refractivity contribution in [3.63, 3.8) is 0 Å². The summed E-state index contributed by atoms with van der Waals surface area (Å²) >= 11 is 0. The van der Waals surface area contributed by atoms with E-state index in [4.69, 9.17) is 4.74 Å². The van der Waals surface area contributed by atoms with Gasteiger partial charge in [-0.1, -0.05) is 0 Å². The molecule has 0 aliphatic carbocycles. The number of amides is 1. The van der Waals surface area contributed by atoms with E-state index in [1.54, 1.807) is 24.5 Å². The van der Waals surface area contributed by atoms with Crippen molar-refractivity contribution in [2.45, 2.75) is 6.42 Å². The van der Waals surface area contributed by atoms with Gasteiger partial charge in [0.25, 0.3) is 10.2 Å². The highest BCUT2D eigenvalue weighted by Crippen LogP contribution is 2.42. The highest BCUT2D eigenvalue weighted by molar-refractivity contribution is 7.86. The van der Waals surface area contributed by atoms with Gasteiger partial charge in [-0.25, -0.2) is 0 Å². The Labute approximate surface area is 142 Å². The van der Waals surface area contributed by atoms with Crippen LogP contribution >= 0.6 is 0 Å². The van der Waals surface area contributed by atoms with Crippen molar-refractivity contribution in [2.24, 2.45) is 11.3 Å². The minimum absolute atomic E-state index is 0.0763. The zero-order valence-corrected chi connectivity index (χ0v) is 14.6. The van der Waals surface area contributed by atoms with Gasteiger partial charge >= 0.3 is 0 Å². The molecule has 3 rings (SSSR count). The zero-order valence-electron chi connectivity index (χ0n) is 13.8. The number of nitrogens with zero attached hydrogens (tertiary/aromatic N) is 3. The third kappa shape index (κ3) is 2.87. The lowest BCUT2D eigenvalue weighted by Gasteiger charge is -2.28. The van der Waals surface area contributed by atoms with E-state index in [1.807, 2.05) is 0 Å². The van der Waals surface area contributed by atoms with Crippen molar-refractivity contribution in [3.8, 4) is 5.75 Å². The van der Waals surface area contributed by atoms with E-state index in [-0.39, 0.29) is 18.4 Å². The van der Waals surface area contributed by atoms with Gasteiger partial charge in [0.1, 0.15) is 5.75 Å². The van der Waals surface area contributed by atoms with Gasteiger partial charge in [-0.3, -0.25) is 9.78 Å². The SMILES string of the molecule is CN(C)S(=O)(=O)N1CC[C@]2(C1)C(=O)NC[C@@H]2COc1cccnc1. The van der Waals surface area contributed by atoms with Gasteiger partial charge in [0, 0.05) is 45.8 Å². The van der Waals surface area contributed by atoms with Crippen LogP contribution in [-0.2, 0) is 15.0 Å². The van der Waals surface area contributed by atoms with Crippen molar-refractivity contribution in [2.75, 3.05) is 40.3 Å². The molecule has 2 aliphatic rings. The van der Waals surface area contributed by atoms with E-state index >= 15 is 0 Å². The van der Waals surface area contributed by atoms with Gasteiger partial charge in [0.05, 0.1) is 18.2 Å². The van der Waals surface area contributed by atoms with Crippen LogP contribution in [0, 0.1) is 11.3 Å². The molecule has 0 radical (unpaired) electrons. The topological polar surface area (TPSA) is 91.8 Å². The summed E-state index contributed by atoms with van der Waals surface area (Å²) < 4.78 is 33.0. The molecule has 132 valence electrons. The van der Waals surface area contributed by atoms with E-state index < -0.39 is 15.6 Å². The second-order valence-electron chi connectivity index (χ2n) is 6.44. The molecule has 2 atom stereocenters. The van der Waals surface area contributed by atoms with Crippen LogP contribution in [0.4, 0.5) is 0 Å². The van der Waals surface area contributed by atoms with E-state index in [9.17, 15) is 13.2 Å². The van der Waals surface area contributed by atoms with Crippen LogP contribution in [0.25, 0.3) is 0 Å². The highest BCUT2D eigenvalue weighted by Gasteiger charge is 2.56. The Hall–Kier alpha value is -1.71. The summed E-state index contributed by atoms with van der Waals surface area (Å²) in [7, 11) is -0.522. The Morgan fingerprint density at radius 1 is 1.50 bits per heavy atom. The van der Waals surface area contributed by atoms with E-state index in [1.165, 1.54) is 22.7 Å². The molecule has 9 heteroatoms. The molecule has 0 bridgehead atoms. The number of aromatic nitrogens is 1. The summed E-state index contributed by atoms with van der Waals surface area (Å²) in [5.41, 5.74) is -0.717. The first kappa shape index (κ1) is 17.1. The highest BCUT2D eigenvalue weighted by atomic mass is 32.2. The van der Waals surface area contributed by atoms with Gasteiger partial charge in [-0.05, 0) is 18.6 Å². The lowest BCUT2D eigenvalue weighted by Crippen LogP contribution is -2.44. The van der Waals surface area contributed by atoms with E-state index in [2.05, 4.69) is 10.3 Å². The Morgan fingerprint density at radius 3 is 2.96 bits per heavy atom. The number of hydrogen-bond donors (Lipinski definition) is 1. The molecular weight excluding hydrogens is 332 g/mol. The quantitative estimate of drug-likeness (QED) is 0.784. The Bertz CT molecular complexity index is 709. The molecule has 1 aromatic rings. The summed E-state index contributed by atoms with van der Waals surface area (Å²) in [4.78, 5) is 16.4. The van der Waals surface area contributed by atoms with Crippen LogP contribution in [0.2, 0.25) is 0 Å². The molecule has 1 spiro atoms. The number of carbonyl (C=O) groups is 1. The van der Waals surface area contributed by atoms with Gasteiger partial charge in [0.2, 0.25) is 5.91 Å². The number of nitrogens with one attached hydrogen (secondary N) is 1. The van der Waals surface area contributed by atoms with Crippen LogP contribution in [0.15, 0.2) is 24.5 Å². The fraction of sp³-hybridized carbons (Fsp3) is 0.600. The van der Waals surface area contributed by atoms with Crippen LogP contribution < -0.4 is 10.1 Å². The largest absolute Gasteiger partial charge is 0.492 e. The third-order valence-electron chi connectivity index (χ3n) is 4.88. The van der Waals surface area contributed by atoms with Crippen molar-refractivity contribution in [1.29, 1.82) is 0 Å². The average Bonchev–Trinajstić information content (AvgIpc) is 3.14. The maximum Gasteiger partial charge on any atom is 0.281 e. The van der Waals surface area contributed by atoms with Crippen LogP contribution in [-0.4, -0.2) is 68.3 Å². The first-order chi connectivity index (χ1) is 11.4. The first-order valence-corrected chi connectivity index (χ1v) is 9.25. The Kier molecular flexibility index (Phi) is 4.50. The van der Waals surface area contributed by atoms with Gasteiger partial charge in [-0.2, -0.15) is 17.0 Å². The molecule has 8 nitrogen and oxygen atoms in total. The number of ether oxygens (including phenoxy) is 1. The summed E-state index contributed by atoms with van der Waals surface area (Å²) in [5.74, 6) is 0.481. The van der Waals surface area contributed by atoms with E-state index in [0.717, 1.165) is 0 Å². The summed E-state index contributed by atoms with van der Waals surface area (Å²) in [6.07, 6.45) is 3.79. The van der Waals surface area contributed by atoms with Gasteiger partial charge in [-0.15, -0.1) is 0 Å². The molecular formula is C15H22N4O4S. The third-order valence-corrected chi connectivity index (χ3v) is 6.77. The molecule has 24 heavy (non-hydrogen) atoms. The lowest BCUT2D eigenvalue weighted by atomic mass is 9.77. The number of rotatable bonds is 5. The summed E-state index contributed by atoms with van der Waals surface area (Å²) in [5, 5.41) is 2.87.